The van der Waals surface area contributed by atoms with Crippen LogP contribution in [0.15, 0.2) is 18.2 Å². The van der Waals surface area contributed by atoms with Crippen LogP contribution in [0.2, 0.25) is 10.0 Å². The third-order valence-electron chi connectivity index (χ3n) is 2.47. The molecule has 1 atom stereocenters. The molecule has 0 heterocycles. The van der Waals surface area contributed by atoms with E-state index in [-0.39, 0.29) is 0 Å². The van der Waals surface area contributed by atoms with E-state index in [1.165, 1.54) is 5.56 Å². The largest absolute Gasteiger partial charge is 0.0827 e. The highest BCUT2D eigenvalue weighted by Gasteiger charge is 2.10. The van der Waals surface area contributed by atoms with Gasteiger partial charge >= 0.3 is 0 Å². The molecule has 0 unspecified atom stereocenters. The fourth-order valence-electron chi connectivity index (χ4n) is 1.18. The SMILES string of the molecule is CC(C)[C@H](C)c1ccc(Cl)c(Cl)c1. The number of hydrogen-bond donors (Lipinski definition) is 0. The Morgan fingerprint density at radius 3 is 2.08 bits per heavy atom. The Morgan fingerprint density at radius 2 is 1.62 bits per heavy atom. The molecule has 0 aromatic heterocycles. The molecule has 0 N–H and O–H groups in total. The first-order valence-electron chi connectivity index (χ1n) is 4.47. The third kappa shape index (κ3) is 2.62. The van der Waals surface area contributed by atoms with E-state index in [1.807, 2.05) is 18.2 Å². The summed E-state index contributed by atoms with van der Waals surface area (Å²) >= 11 is 11.8. The smallest absolute Gasteiger partial charge is 0.0595 e. The molecule has 0 fully saturated rings. The van der Waals surface area contributed by atoms with Crippen LogP contribution < -0.4 is 0 Å². The predicted octanol–water partition coefficient (Wildman–Crippen LogP) is 4.75. The summed E-state index contributed by atoms with van der Waals surface area (Å²) in [4.78, 5) is 0. The van der Waals surface area contributed by atoms with Gasteiger partial charge in [-0.15, -0.1) is 0 Å². The Bertz CT molecular complexity index is 292. The minimum atomic E-state index is 0.523. The monoisotopic (exact) mass is 216 g/mol. The molecule has 13 heavy (non-hydrogen) atoms. The van der Waals surface area contributed by atoms with E-state index in [4.69, 9.17) is 23.2 Å². The molecular weight excluding hydrogens is 203 g/mol. The van der Waals surface area contributed by atoms with Gasteiger partial charge in [0.1, 0.15) is 0 Å². The van der Waals surface area contributed by atoms with Gasteiger partial charge in [0.25, 0.3) is 0 Å². The standard InChI is InChI=1S/C11H14Cl2/c1-7(2)8(3)9-4-5-10(12)11(13)6-9/h4-8H,1-3H3/t8-/m0/s1. The van der Waals surface area contributed by atoms with Crippen molar-refractivity contribution in [1.82, 2.24) is 0 Å². The van der Waals surface area contributed by atoms with Crippen LogP contribution in [-0.4, -0.2) is 0 Å². The first kappa shape index (κ1) is 10.9. The van der Waals surface area contributed by atoms with Gasteiger partial charge in [-0.1, -0.05) is 50.0 Å². The Balaban J connectivity index is 2.97. The third-order valence-corrected chi connectivity index (χ3v) is 3.21. The molecule has 0 amide bonds. The summed E-state index contributed by atoms with van der Waals surface area (Å²) in [6.45, 7) is 6.60. The van der Waals surface area contributed by atoms with Crippen molar-refractivity contribution in [3.63, 3.8) is 0 Å². The van der Waals surface area contributed by atoms with Crippen molar-refractivity contribution in [2.45, 2.75) is 26.7 Å². The van der Waals surface area contributed by atoms with E-state index in [2.05, 4.69) is 20.8 Å². The molecule has 0 bridgehead atoms. The lowest BCUT2D eigenvalue weighted by Crippen LogP contribution is -2.01. The summed E-state index contributed by atoms with van der Waals surface area (Å²) in [6, 6.07) is 5.85. The summed E-state index contributed by atoms with van der Waals surface area (Å²) < 4.78 is 0. The quantitative estimate of drug-likeness (QED) is 0.670. The Labute approximate surface area is 89.9 Å². The molecule has 72 valence electrons. The summed E-state index contributed by atoms with van der Waals surface area (Å²) in [5.74, 6) is 1.15. The molecule has 0 aliphatic heterocycles. The molecule has 0 aliphatic carbocycles. The summed E-state index contributed by atoms with van der Waals surface area (Å²) in [5.41, 5.74) is 1.25. The van der Waals surface area contributed by atoms with Crippen LogP contribution in [0.4, 0.5) is 0 Å². The van der Waals surface area contributed by atoms with E-state index in [9.17, 15) is 0 Å². The first-order chi connectivity index (χ1) is 6.02. The van der Waals surface area contributed by atoms with Crippen LogP contribution in [0.5, 0.6) is 0 Å². The second kappa shape index (κ2) is 4.34. The minimum Gasteiger partial charge on any atom is -0.0827 e. The topological polar surface area (TPSA) is 0 Å². The van der Waals surface area contributed by atoms with Crippen molar-refractivity contribution in [2.24, 2.45) is 5.92 Å². The molecule has 0 aliphatic rings. The van der Waals surface area contributed by atoms with Crippen molar-refractivity contribution in [3.8, 4) is 0 Å². The molecule has 0 nitrogen and oxygen atoms in total. The first-order valence-corrected chi connectivity index (χ1v) is 5.23. The lowest BCUT2D eigenvalue weighted by atomic mass is 9.90. The molecule has 0 radical (unpaired) electrons. The second-order valence-electron chi connectivity index (χ2n) is 3.71. The van der Waals surface area contributed by atoms with Crippen LogP contribution in [0.1, 0.15) is 32.3 Å². The lowest BCUT2D eigenvalue weighted by Gasteiger charge is -2.16. The van der Waals surface area contributed by atoms with Gasteiger partial charge in [-0.2, -0.15) is 0 Å². The van der Waals surface area contributed by atoms with Crippen molar-refractivity contribution in [3.05, 3.63) is 33.8 Å². The van der Waals surface area contributed by atoms with E-state index < -0.39 is 0 Å². The molecule has 0 saturated carbocycles. The van der Waals surface area contributed by atoms with Gasteiger partial charge in [0.15, 0.2) is 0 Å². The average molecular weight is 217 g/mol. The van der Waals surface area contributed by atoms with Crippen LogP contribution >= 0.6 is 23.2 Å². The highest BCUT2D eigenvalue weighted by molar-refractivity contribution is 6.42. The Kier molecular flexibility index (Phi) is 3.63. The second-order valence-corrected chi connectivity index (χ2v) is 4.52. The normalized spacial score (nSPS) is 13.4. The Morgan fingerprint density at radius 1 is 1.00 bits per heavy atom. The van der Waals surface area contributed by atoms with E-state index in [0.717, 1.165) is 0 Å². The van der Waals surface area contributed by atoms with E-state index >= 15 is 0 Å². The highest BCUT2D eigenvalue weighted by atomic mass is 35.5. The zero-order valence-corrected chi connectivity index (χ0v) is 9.65. The molecule has 0 saturated heterocycles. The van der Waals surface area contributed by atoms with Crippen LogP contribution in [-0.2, 0) is 0 Å². The molecular formula is C11H14Cl2. The molecule has 2 heteroatoms. The number of benzene rings is 1. The van der Waals surface area contributed by atoms with Gasteiger partial charge in [0.2, 0.25) is 0 Å². The zero-order valence-electron chi connectivity index (χ0n) is 8.14. The van der Waals surface area contributed by atoms with Gasteiger partial charge in [-0.25, -0.2) is 0 Å². The molecule has 1 rings (SSSR count). The van der Waals surface area contributed by atoms with Crippen molar-refractivity contribution < 1.29 is 0 Å². The van der Waals surface area contributed by atoms with Gasteiger partial charge in [0, 0.05) is 0 Å². The maximum atomic E-state index is 5.93. The summed E-state index contributed by atoms with van der Waals surface area (Å²) in [7, 11) is 0. The molecule has 0 spiro atoms. The highest BCUT2D eigenvalue weighted by Crippen LogP contribution is 2.29. The van der Waals surface area contributed by atoms with Crippen LogP contribution in [0.3, 0.4) is 0 Å². The number of rotatable bonds is 2. The summed E-state index contributed by atoms with van der Waals surface area (Å²) in [5, 5.41) is 1.27. The van der Waals surface area contributed by atoms with Crippen LogP contribution in [0.25, 0.3) is 0 Å². The van der Waals surface area contributed by atoms with Gasteiger partial charge in [-0.3, -0.25) is 0 Å². The lowest BCUT2D eigenvalue weighted by molar-refractivity contribution is 0.535. The van der Waals surface area contributed by atoms with Crippen molar-refractivity contribution in [2.75, 3.05) is 0 Å². The maximum Gasteiger partial charge on any atom is 0.0595 e. The minimum absolute atomic E-state index is 0.523. The maximum absolute atomic E-state index is 5.93. The van der Waals surface area contributed by atoms with Crippen LogP contribution in [0, 0.1) is 5.92 Å². The molecule has 1 aromatic rings. The fourth-order valence-corrected chi connectivity index (χ4v) is 1.49. The summed E-state index contributed by atoms with van der Waals surface area (Å²) in [6.07, 6.45) is 0. The zero-order chi connectivity index (χ0) is 10.0. The Hall–Kier alpha value is -0.200. The predicted molar refractivity (Wildman–Crippen MR) is 59.7 cm³/mol. The number of hydrogen-bond acceptors (Lipinski definition) is 0. The fraction of sp³-hybridized carbons (Fsp3) is 0.455. The van der Waals surface area contributed by atoms with Crippen molar-refractivity contribution >= 4 is 23.2 Å². The molecule has 1 aromatic carbocycles. The van der Waals surface area contributed by atoms with Crippen molar-refractivity contribution in [1.29, 1.82) is 0 Å². The van der Waals surface area contributed by atoms with Gasteiger partial charge in [-0.05, 0) is 29.5 Å². The van der Waals surface area contributed by atoms with E-state index in [1.54, 1.807) is 0 Å². The van der Waals surface area contributed by atoms with Gasteiger partial charge in [0.05, 0.1) is 10.0 Å². The van der Waals surface area contributed by atoms with E-state index in [0.29, 0.717) is 21.9 Å². The average Bonchev–Trinajstić information content (AvgIpc) is 2.08. The number of halogens is 2. The van der Waals surface area contributed by atoms with Gasteiger partial charge < -0.3 is 0 Å².